The van der Waals surface area contributed by atoms with Crippen molar-refractivity contribution in [3.05, 3.63) is 95.3 Å². The molecule has 39 heavy (non-hydrogen) atoms. The van der Waals surface area contributed by atoms with Crippen molar-refractivity contribution in [3.63, 3.8) is 0 Å². The molecule has 0 saturated heterocycles. The molecule has 0 unspecified atom stereocenters. The Morgan fingerprint density at radius 2 is 1.59 bits per heavy atom. The van der Waals surface area contributed by atoms with Gasteiger partial charge in [0.25, 0.3) is 5.91 Å². The first-order chi connectivity index (χ1) is 18.9. The lowest BCUT2D eigenvalue weighted by Crippen LogP contribution is -2.27. The van der Waals surface area contributed by atoms with Gasteiger partial charge >= 0.3 is 5.97 Å². The third-order valence-corrected chi connectivity index (χ3v) is 6.80. The van der Waals surface area contributed by atoms with Crippen LogP contribution in [0, 0.1) is 11.7 Å². The number of Topliss-reactive ketones (excluding diaryl/α,β-unsaturated/α-hetero) is 1. The van der Waals surface area contributed by atoms with Gasteiger partial charge in [0.15, 0.2) is 17.3 Å². The normalized spacial score (nSPS) is 16.7. The predicted molar refractivity (Wildman–Crippen MR) is 144 cm³/mol. The highest BCUT2D eigenvalue weighted by Gasteiger charge is 2.26. The van der Waals surface area contributed by atoms with E-state index in [-0.39, 0.29) is 48.7 Å². The summed E-state index contributed by atoms with van der Waals surface area (Å²) in [6.45, 7) is 0.501. The largest absolute Gasteiger partial charge is 0.490 e. The Morgan fingerprint density at radius 3 is 2.26 bits per heavy atom. The minimum atomic E-state index is -0.747. The first kappa shape index (κ1) is 27.8. The molecular weight excluding hydrogens is 501 g/mol. The molecule has 0 aromatic heterocycles. The van der Waals surface area contributed by atoms with Gasteiger partial charge in [0.05, 0.1) is 12.0 Å². The lowest BCUT2D eigenvalue weighted by atomic mass is 9.87. The van der Waals surface area contributed by atoms with Crippen LogP contribution in [0.25, 0.3) is 0 Å². The van der Waals surface area contributed by atoms with Crippen molar-refractivity contribution in [2.24, 2.45) is 5.92 Å². The first-order valence-corrected chi connectivity index (χ1v) is 13.2. The van der Waals surface area contributed by atoms with Crippen LogP contribution in [-0.4, -0.2) is 35.4 Å². The van der Waals surface area contributed by atoms with Crippen LogP contribution < -0.4 is 14.8 Å². The summed E-state index contributed by atoms with van der Waals surface area (Å²) in [5.41, 5.74) is 1.64. The van der Waals surface area contributed by atoms with Crippen LogP contribution in [0.2, 0.25) is 0 Å². The van der Waals surface area contributed by atoms with Crippen molar-refractivity contribution >= 4 is 17.7 Å². The number of carboxylic acids is 1. The van der Waals surface area contributed by atoms with Gasteiger partial charge in [0, 0.05) is 24.1 Å². The third kappa shape index (κ3) is 8.14. The summed E-state index contributed by atoms with van der Waals surface area (Å²) in [6, 6.07) is 20.4. The summed E-state index contributed by atoms with van der Waals surface area (Å²) < 4.78 is 25.9. The maximum absolute atomic E-state index is 14.4. The zero-order valence-electron chi connectivity index (χ0n) is 21.6. The Bertz CT molecular complexity index is 1270. The molecular formula is C31H32FNO6. The number of hydrogen-bond donors (Lipinski definition) is 2. The number of amides is 1. The van der Waals surface area contributed by atoms with Gasteiger partial charge < -0.3 is 19.9 Å². The number of halogens is 1. The van der Waals surface area contributed by atoms with Gasteiger partial charge in [-0.15, -0.1) is 0 Å². The van der Waals surface area contributed by atoms with Crippen LogP contribution in [0.3, 0.4) is 0 Å². The van der Waals surface area contributed by atoms with Crippen LogP contribution in [0.4, 0.5) is 4.39 Å². The van der Waals surface area contributed by atoms with Gasteiger partial charge in [-0.05, 0) is 80.1 Å². The zero-order valence-corrected chi connectivity index (χ0v) is 21.6. The van der Waals surface area contributed by atoms with E-state index in [2.05, 4.69) is 5.32 Å². The highest BCUT2D eigenvalue weighted by atomic mass is 19.1. The lowest BCUT2D eigenvalue weighted by molar-refractivity contribution is -0.143. The molecule has 8 heteroatoms. The Labute approximate surface area is 227 Å². The fourth-order valence-corrected chi connectivity index (χ4v) is 4.53. The average Bonchev–Trinajstić information content (AvgIpc) is 2.95. The van der Waals surface area contributed by atoms with E-state index < -0.39 is 17.7 Å². The average molecular weight is 534 g/mol. The molecule has 0 radical (unpaired) electrons. The van der Waals surface area contributed by atoms with E-state index in [1.54, 1.807) is 24.3 Å². The zero-order chi connectivity index (χ0) is 27.6. The molecule has 3 aromatic carbocycles. The molecule has 1 aliphatic rings. The second-order valence-electron chi connectivity index (χ2n) is 9.66. The summed E-state index contributed by atoms with van der Waals surface area (Å²) in [7, 11) is 0. The number of carboxylic acid groups (broad SMARTS) is 1. The number of carbonyl (C=O) groups is 3. The van der Waals surface area contributed by atoms with Crippen molar-refractivity contribution in [1.82, 2.24) is 5.32 Å². The van der Waals surface area contributed by atoms with Crippen molar-refractivity contribution in [2.45, 2.75) is 51.2 Å². The lowest BCUT2D eigenvalue weighted by Gasteiger charge is -2.26. The maximum atomic E-state index is 14.4. The molecule has 1 fully saturated rings. The number of carbonyl (C=O) groups excluding carboxylic acids is 2. The van der Waals surface area contributed by atoms with E-state index in [9.17, 15) is 18.8 Å². The van der Waals surface area contributed by atoms with E-state index >= 15 is 0 Å². The molecule has 0 aliphatic heterocycles. The summed E-state index contributed by atoms with van der Waals surface area (Å²) in [5, 5.41) is 11.8. The smallest absolute Gasteiger partial charge is 0.306 e. The fourth-order valence-electron chi connectivity index (χ4n) is 4.53. The van der Waals surface area contributed by atoms with Gasteiger partial charge in [0.2, 0.25) is 0 Å². The topological polar surface area (TPSA) is 102 Å². The number of benzene rings is 3. The molecule has 0 atom stereocenters. The summed E-state index contributed by atoms with van der Waals surface area (Å²) in [4.78, 5) is 36.0. The van der Waals surface area contributed by atoms with Crippen LogP contribution in [0.5, 0.6) is 11.5 Å². The van der Waals surface area contributed by atoms with Crippen LogP contribution >= 0.6 is 0 Å². The van der Waals surface area contributed by atoms with E-state index in [1.165, 1.54) is 12.1 Å². The van der Waals surface area contributed by atoms with Gasteiger partial charge in [-0.2, -0.15) is 0 Å². The number of aliphatic carboxylic acids is 1. The highest BCUT2D eigenvalue weighted by Crippen LogP contribution is 2.28. The standard InChI is InChI=1S/C31H32FNO6/c32-27-19-24(12-17-29(27)38-20-21-5-2-1-3-6-21)30(35)33-18-4-7-28(34)22-8-13-25(14-9-22)39-26-15-10-23(11-16-26)31(36)37/h1-3,5-6,8-9,12-14,17,19,23,26H,4,7,10-11,15-16,18,20H2,(H,33,35)(H,36,37). The quantitative estimate of drug-likeness (QED) is 0.225. The number of ether oxygens (including phenoxy) is 2. The molecule has 1 saturated carbocycles. The van der Waals surface area contributed by atoms with E-state index in [1.807, 2.05) is 30.3 Å². The molecule has 0 bridgehead atoms. The first-order valence-electron chi connectivity index (χ1n) is 13.2. The molecule has 204 valence electrons. The SMILES string of the molecule is O=C(CCCNC(=O)c1ccc(OCc2ccccc2)c(F)c1)c1ccc(OC2CCC(C(=O)O)CC2)cc1. The van der Waals surface area contributed by atoms with Gasteiger partial charge in [0.1, 0.15) is 12.4 Å². The second kappa shape index (κ2) is 13.6. The summed E-state index contributed by atoms with van der Waals surface area (Å²) in [6.07, 6.45) is 3.28. The monoisotopic (exact) mass is 533 g/mol. The van der Waals surface area contributed by atoms with Gasteiger partial charge in [-0.25, -0.2) is 4.39 Å². The molecule has 4 rings (SSSR count). The van der Waals surface area contributed by atoms with Gasteiger partial charge in [-0.1, -0.05) is 30.3 Å². The van der Waals surface area contributed by atoms with Crippen molar-refractivity contribution in [1.29, 1.82) is 0 Å². The molecule has 7 nitrogen and oxygen atoms in total. The van der Waals surface area contributed by atoms with E-state index in [0.29, 0.717) is 43.4 Å². The van der Waals surface area contributed by atoms with Crippen LogP contribution in [0.15, 0.2) is 72.8 Å². The van der Waals surface area contributed by atoms with Crippen LogP contribution in [-0.2, 0) is 11.4 Å². The van der Waals surface area contributed by atoms with E-state index in [0.717, 1.165) is 11.6 Å². The van der Waals surface area contributed by atoms with Crippen molar-refractivity contribution in [2.75, 3.05) is 6.54 Å². The summed E-state index contributed by atoms with van der Waals surface area (Å²) in [5.74, 6) is -1.40. The molecule has 2 N–H and O–H groups in total. The maximum Gasteiger partial charge on any atom is 0.306 e. The minimum absolute atomic E-state index is 0.0164. The Morgan fingerprint density at radius 1 is 0.897 bits per heavy atom. The molecule has 0 spiro atoms. The number of ketones is 1. The molecule has 1 aliphatic carbocycles. The number of nitrogens with one attached hydrogen (secondary N) is 1. The van der Waals surface area contributed by atoms with E-state index in [4.69, 9.17) is 14.6 Å². The Hall–Kier alpha value is -4.20. The van der Waals surface area contributed by atoms with Crippen molar-refractivity contribution in [3.8, 4) is 11.5 Å². The Balaban J connectivity index is 1.16. The predicted octanol–water partition coefficient (Wildman–Crippen LogP) is 5.82. The molecule has 0 heterocycles. The highest BCUT2D eigenvalue weighted by molar-refractivity contribution is 5.96. The molecule has 1 amide bonds. The molecule has 3 aromatic rings. The van der Waals surface area contributed by atoms with Crippen molar-refractivity contribution < 1.29 is 33.4 Å². The number of hydrogen-bond acceptors (Lipinski definition) is 5. The Kier molecular flexibility index (Phi) is 9.67. The minimum Gasteiger partial charge on any atom is -0.490 e. The second-order valence-corrected chi connectivity index (χ2v) is 9.66. The number of rotatable bonds is 12. The third-order valence-electron chi connectivity index (χ3n) is 6.80. The van der Waals surface area contributed by atoms with Crippen LogP contribution in [0.1, 0.15) is 64.8 Å². The van der Waals surface area contributed by atoms with Gasteiger partial charge in [-0.3, -0.25) is 14.4 Å². The fraction of sp³-hybridized carbons (Fsp3) is 0.323. The summed E-state index contributed by atoms with van der Waals surface area (Å²) >= 11 is 0.